The van der Waals surface area contributed by atoms with Gasteiger partial charge in [-0.1, -0.05) is 78.9 Å². The number of halogens is 3. The maximum atomic E-state index is 14.3. The van der Waals surface area contributed by atoms with E-state index in [9.17, 15) is 28.0 Å². The van der Waals surface area contributed by atoms with E-state index in [2.05, 4.69) is 29.2 Å². The van der Waals surface area contributed by atoms with Crippen molar-refractivity contribution in [1.82, 2.24) is 14.4 Å². The van der Waals surface area contributed by atoms with Crippen LogP contribution in [0.2, 0.25) is 0 Å². The topological polar surface area (TPSA) is 87.8 Å². The van der Waals surface area contributed by atoms with Crippen molar-refractivity contribution in [3.05, 3.63) is 145 Å². The van der Waals surface area contributed by atoms with E-state index in [0.29, 0.717) is 30.2 Å². The third kappa shape index (κ3) is 6.41. The molecule has 50 heavy (non-hydrogen) atoms. The fourth-order valence-electron chi connectivity index (χ4n) is 6.34. The van der Waals surface area contributed by atoms with Crippen LogP contribution in [-0.4, -0.2) is 53.2 Å². The van der Waals surface area contributed by atoms with E-state index in [1.807, 2.05) is 42.5 Å². The number of hydrogen-bond acceptors (Lipinski definition) is 7. The molecule has 0 radical (unpaired) electrons. The highest BCUT2D eigenvalue weighted by Gasteiger charge is 2.35. The first-order valence-electron chi connectivity index (χ1n) is 15.8. The van der Waals surface area contributed by atoms with Crippen LogP contribution in [0.4, 0.5) is 13.2 Å². The Morgan fingerprint density at radius 3 is 2.10 bits per heavy atom. The van der Waals surface area contributed by atoms with Crippen molar-refractivity contribution in [2.75, 3.05) is 33.0 Å². The number of piperazine rings is 1. The summed E-state index contributed by atoms with van der Waals surface area (Å²) in [6, 6.07) is 31.6. The third-order valence-corrected chi connectivity index (χ3v) is 9.80. The summed E-state index contributed by atoms with van der Waals surface area (Å²) in [6.45, 7) is 1.54. The van der Waals surface area contributed by atoms with E-state index in [1.165, 1.54) is 23.1 Å². The number of hydrogen-bond donors (Lipinski definition) is 0. The molecule has 0 saturated carbocycles. The first kappa shape index (κ1) is 32.9. The molecule has 7 rings (SSSR count). The molecule has 1 fully saturated rings. The molecule has 0 atom stereocenters. The second kappa shape index (κ2) is 13.7. The number of alkyl halides is 3. The Morgan fingerprint density at radius 2 is 1.46 bits per heavy atom. The van der Waals surface area contributed by atoms with Gasteiger partial charge in [-0.15, -0.1) is 11.3 Å². The van der Waals surface area contributed by atoms with Gasteiger partial charge in [0.25, 0.3) is 11.5 Å². The van der Waals surface area contributed by atoms with Crippen molar-refractivity contribution < 1.29 is 27.4 Å². The van der Waals surface area contributed by atoms with Crippen molar-refractivity contribution in [3.63, 3.8) is 0 Å². The van der Waals surface area contributed by atoms with E-state index in [0.717, 1.165) is 39.2 Å². The lowest BCUT2D eigenvalue weighted by atomic mass is 9.96. The molecule has 4 aromatic carbocycles. The second-order valence-electron chi connectivity index (χ2n) is 11.7. The Morgan fingerprint density at radius 1 is 0.840 bits per heavy atom. The van der Waals surface area contributed by atoms with Crippen molar-refractivity contribution in [2.45, 2.75) is 12.2 Å². The number of nitrogens with zero attached hydrogens (tertiary/aromatic N) is 4. The minimum atomic E-state index is -4.81. The van der Waals surface area contributed by atoms with Gasteiger partial charge in [0.1, 0.15) is 10.7 Å². The molecule has 0 N–H and O–H groups in total. The Hall–Kier alpha value is -5.64. The van der Waals surface area contributed by atoms with Gasteiger partial charge >= 0.3 is 6.18 Å². The molecule has 0 aliphatic carbocycles. The van der Waals surface area contributed by atoms with Gasteiger partial charge in [0.2, 0.25) is 6.79 Å². The van der Waals surface area contributed by atoms with E-state index in [1.54, 1.807) is 18.2 Å². The summed E-state index contributed by atoms with van der Waals surface area (Å²) >= 11 is 0.791. The molecule has 252 valence electrons. The number of nitriles is 1. The van der Waals surface area contributed by atoms with Gasteiger partial charge in [0.15, 0.2) is 17.1 Å². The van der Waals surface area contributed by atoms with Crippen LogP contribution in [0.1, 0.15) is 28.3 Å². The lowest BCUT2D eigenvalue weighted by Gasteiger charge is -2.39. The summed E-state index contributed by atoms with van der Waals surface area (Å²) in [5.74, 6) is 0.325. The Bertz CT molecular complexity index is 2230. The summed E-state index contributed by atoms with van der Waals surface area (Å²) < 4.78 is 54.3. The Kier molecular flexibility index (Phi) is 9.01. The fraction of sp³-hybridized carbons (Fsp3) is 0.184. The summed E-state index contributed by atoms with van der Waals surface area (Å²) in [4.78, 5) is 31.9. The van der Waals surface area contributed by atoms with Crippen LogP contribution in [0.5, 0.6) is 11.5 Å². The molecule has 0 bridgehead atoms. The average Bonchev–Trinajstić information content (AvgIpc) is 3.73. The number of ether oxygens (including phenoxy) is 2. The van der Waals surface area contributed by atoms with Gasteiger partial charge in [-0.3, -0.25) is 19.1 Å². The highest BCUT2D eigenvalue weighted by molar-refractivity contribution is 7.07. The zero-order chi connectivity index (χ0) is 34.8. The molecule has 1 aromatic heterocycles. The predicted molar refractivity (Wildman–Crippen MR) is 182 cm³/mol. The molecular formula is C38H29F3N4O4S. The normalized spacial score (nSPS) is 15.7. The minimum absolute atomic E-state index is 0.0368. The van der Waals surface area contributed by atoms with Gasteiger partial charge in [-0.25, -0.2) is 0 Å². The van der Waals surface area contributed by atoms with Crippen molar-refractivity contribution in [1.29, 1.82) is 5.26 Å². The SMILES string of the molecule is N#C/C(C(=O)N1CCN(C(c2ccccc2)c2ccccc2)CC1)=c1\s/c(=C\c2ccc3c(c2)OCO3)c(=O)n1-c1ccccc1C(F)(F)F. The van der Waals surface area contributed by atoms with Crippen LogP contribution in [0.15, 0.2) is 108 Å². The standard InChI is InChI=1S/C38H29F3N4O4S/c39-38(40,41)29-13-7-8-14-30(29)45-36(47)33(22-25-15-16-31-32(21-25)49-24-48-31)50-37(45)28(23-42)35(46)44-19-17-43(18-20-44)34(26-9-3-1-4-10-26)27-11-5-2-6-12-27/h1-16,21-22,34H,17-20,24H2/b33-22-,37-28+. The lowest BCUT2D eigenvalue weighted by Crippen LogP contribution is -2.50. The monoisotopic (exact) mass is 694 g/mol. The van der Waals surface area contributed by atoms with Crippen LogP contribution in [0, 0.1) is 11.3 Å². The van der Waals surface area contributed by atoms with Gasteiger partial charge in [0.05, 0.1) is 21.8 Å². The number of fused-ring (bicyclic) bond motifs is 1. The van der Waals surface area contributed by atoms with Crippen molar-refractivity contribution in [3.8, 4) is 23.3 Å². The lowest BCUT2D eigenvalue weighted by molar-refractivity contribution is -0.137. The molecule has 3 heterocycles. The number of para-hydroxylation sites is 1. The van der Waals surface area contributed by atoms with Crippen molar-refractivity contribution in [2.24, 2.45) is 0 Å². The van der Waals surface area contributed by atoms with Crippen LogP contribution in [0.3, 0.4) is 0 Å². The molecule has 0 unspecified atom stereocenters. The zero-order valence-corrected chi connectivity index (χ0v) is 27.3. The molecule has 5 aromatic rings. The molecule has 0 spiro atoms. The first-order valence-corrected chi connectivity index (χ1v) is 16.6. The van der Waals surface area contributed by atoms with E-state index in [-0.39, 0.29) is 35.1 Å². The number of amides is 1. The second-order valence-corrected chi connectivity index (χ2v) is 12.8. The number of aromatic nitrogens is 1. The zero-order valence-electron chi connectivity index (χ0n) is 26.5. The van der Waals surface area contributed by atoms with Gasteiger partial charge in [0, 0.05) is 26.2 Å². The smallest absolute Gasteiger partial charge is 0.418 e. The molecule has 2 aliphatic heterocycles. The number of carbonyl (C=O) groups excluding carboxylic acids is 1. The number of benzene rings is 4. The van der Waals surface area contributed by atoms with Gasteiger partial charge < -0.3 is 14.4 Å². The quantitative estimate of drug-likeness (QED) is 0.247. The van der Waals surface area contributed by atoms with E-state index >= 15 is 0 Å². The van der Waals surface area contributed by atoms with Gasteiger partial charge in [-0.2, -0.15) is 18.4 Å². The summed E-state index contributed by atoms with van der Waals surface area (Å²) in [5.41, 5.74) is -0.0195. The molecule has 1 amide bonds. The van der Waals surface area contributed by atoms with Crippen molar-refractivity contribution >= 4 is 28.9 Å². The highest BCUT2D eigenvalue weighted by Crippen LogP contribution is 2.34. The Labute approximate surface area is 288 Å². The summed E-state index contributed by atoms with van der Waals surface area (Å²) in [5, 5.41) is 10.4. The minimum Gasteiger partial charge on any atom is -0.454 e. The average molecular weight is 695 g/mol. The summed E-state index contributed by atoms with van der Waals surface area (Å²) in [7, 11) is 0. The molecule has 8 nitrogen and oxygen atoms in total. The predicted octanol–water partition coefficient (Wildman–Crippen LogP) is 5.08. The molecule has 12 heteroatoms. The Balaban J connectivity index is 1.29. The van der Waals surface area contributed by atoms with Crippen LogP contribution < -0.4 is 24.2 Å². The number of rotatable bonds is 6. The van der Waals surface area contributed by atoms with Crippen LogP contribution in [0.25, 0.3) is 17.3 Å². The van der Waals surface area contributed by atoms with E-state index < -0.39 is 34.5 Å². The third-order valence-electron chi connectivity index (χ3n) is 8.71. The fourth-order valence-corrected chi connectivity index (χ4v) is 7.43. The maximum Gasteiger partial charge on any atom is 0.418 e. The number of carbonyl (C=O) groups is 1. The molecule has 1 saturated heterocycles. The van der Waals surface area contributed by atoms with Crippen LogP contribution >= 0.6 is 11.3 Å². The number of thiazole rings is 1. The largest absolute Gasteiger partial charge is 0.454 e. The molecular weight excluding hydrogens is 666 g/mol. The van der Waals surface area contributed by atoms with Gasteiger partial charge in [-0.05, 0) is 47.0 Å². The molecule has 2 aliphatic rings. The summed E-state index contributed by atoms with van der Waals surface area (Å²) in [6.07, 6.45) is -3.31. The van der Waals surface area contributed by atoms with E-state index in [4.69, 9.17) is 9.47 Å². The first-order chi connectivity index (χ1) is 24.2. The highest BCUT2D eigenvalue weighted by atomic mass is 32.1. The maximum absolute atomic E-state index is 14.3. The van der Waals surface area contributed by atoms with Crippen LogP contribution in [-0.2, 0) is 11.0 Å².